The van der Waals surface area contributed by atoms with E-state index in [-0.39, 0.29) is 0 Å². The van der Waals surface area contributed by atoms with Crippen LogP contribution < -0.4 is 5.32 Å². The molecule has 0 bridgehead atoms. The lowest BCUT2D eigenvalue weighted by Gasteiger charge is -2.41. The first kappa shape index (κ1) is 17.2. The second-order valence-electron chi connectivity index (χ2n) is 6.88. The first-order valence-electron chi connectivity index (χ1n) is 9.05. The number of piperazine rings is 1. The van der Waals surface area contributed by atoms with Gasteiger partial charge in [0.05, 0.1) is 6.61 Å². The van der Waals surface area contributed by atoms with Crippen molar-refractivity contribution in [3.8, 4) is 0 Å². The lowest BCUT2D eigenvalue weighted by Crippen LogP contribution is -2.51. The predicted molar refractivity (Wildman–Crippen MR) is 88.6 cm³/mol. The van der Waals surface area contributed by atoms with Crippen molar-refractivity contribution in [3.63, 3.8) is 0 Å². The molecule has 2 aliphatic rings. The van der Waals surface area contributed by atoms with E-state index in [1.807, 2.05) is 0 Å². The lowest BCUT2D eigenvalue weighted by molar-refractivity contribution is 0.0798. The van der Waals surface area contributed by atoms with Crippen molar-refractivity contribution in [2.24, 2.45) is 11.8 Å². The van der Waals surface area contributed by atoms with Crippen LogP contribution in [0.2, 0.25) is 0 Å². The monoisotopic (exact) mass is 297 g/mol. The third-order valence-corrected chi connectivity index (χ3v) is 5.51. The average Bonchev–Trinajstić information content (AvgIpc) is 2.51. The summed E-state index contributed by atoms with van der Waals surface area (Å²) in [6.07, 6.45) is 5.53. The van der Waals surface area contributed by atoms with Gasteiger partial charge < -0.3 is 15.3 Å². The average molecular weight is 297 g/mol. The topological polar surface area (TPSA) is 38.7 Å². The molecule has 1 saturated carbocycles. The van der Waals surface area contributed by atoms with Gasteiger partial charge in [0.25, 0.3) is 0 Å². The van der Waals surface area contributed by atoms with Crippen LogP contribution in [0, 0.1) is 11.8 Å². The number of rotatable bonds is 7. The van der Waals surface area contributed by atoms with Crippen LogP contribution >= 0.6 is 0 Å². The predicted octanol–water partition coefficient (Wildman–Crippen LogP) is 1.40. The van der Waals surface area contributed by atoms with Crippen molar-refractivity contribution in [1.29, 1.82) is 0 Å². The zero-order valence-electron chi connectivity index (χ0n) is 14.1. The van der Waals surface area contributed by atoms with Gasteiger partial charge in [0.1, 0.15) is 0 Å². The van der Waals surface area contributed by atoms with E-state index >= 15 is 0 Å². The molecule has 3 unspecified atom stereocenters. The van der Waals surface area contributed by atoms with Crippen LogP contribution in [0.15, 0.2) is 0 Å². The minimum atomic E-state index is 0.295. The molecule has 0 amide bonds. The molecular formula is C17H35N3O. The van der Waals surface area contributed by atoms with E-state index in [1.54, 1.807) is 0 Å². The quantitative estimate of drug-likeness (QED) is 0.745. The summed E-state index contributed by atoms with van der Waals surface area (Å²) in [6.45, 7) is 12.7. The first-order valence-corrected chi connectivity index (χ1v) is 9.05. The summed E-state index contributed by atoms with van der Waals surface area (Å²) in [6, 6.07) is 0.730. The number of aliphatic hydroxyl groups is 1. The number of nitrogens with one attached hydrogen (secondary N) is 1. The smallest absolute Gasteiger partial charge is 0.0558 e. The van der Waals surface area contributed by atoms with E-state index in [0.29, 0.717) is 6.61 Å². The molecule has 0 radical (unpaired) electrons. The maximum absolute atomic E-state index is 9.03. The molecule has 2 rings (SSSR count). The minimum Gasteiger partial charge on any atom is -0.395 e. The summed E-state index contributed by atoms with van der Waals surface area (Å²) in [4.78, 5) is 5.04. The van der Waals surface area contributed by atoms with Crippen LogP contribution in [0.25, 0.3) is 0 Å². The number of β-amino-alcohol motifs (C(OH)–C–C–N with tert-alkyl or cyclic N) is 1. The van der Waals surface area contributed by atoms with Gasteiger partial charge in [-0.1, -0.05) is 20.3 Å². The van der Waals surface area contributed by atoms with Crippen LogP contribution in [-0.2, 0) is 0 Å². The highest BCUT2D eigenvalue weighted by Crippen LogP contribution is 2.32. The SMILES string of the molecule is CCNC1CCC(CC)CC1CN1CCN(CCO)CC1. The highest BCUT2D eigenvalue weighted by Gasteiger charge is 2.31. The van der Waals surface area contributed by atoms with Gasteiger partial charge in [-0.2, -0.15) is 0 Å². The Morgan fingerprint density at radius 3 is 2.38 bits per heavy atom. The second kappa shape index (κ2) is 9.09. The van der Waals surface area contributed by atoms with E-state index in [4.69, 9.17) is 5.11 Å². The Morgan fingerprint density at radius 2 is 1.76 bits per heavy atom. The fourth-order valence-corrected chi connectivity index (χ4v) is 4.13. The normalized spacial score (nSPS) is 32.4. The molecule has 1 heterocycles. The fourth-order valence-electron chi connectivity index (χ4n) is 4.13. The van der Waals surface area contributed by atoms with E-state index in [9.17, 15) is 0 Å². The molecule has 124 valence electrons. The van der Waals surface area contributed by atoms with Crippen LogP contribution in [0.4, 0.5) is 0 Å². The zero-order chi connectivity index (χ0) is 15.1. The molecule has 1 aliphatic carbocycles. The summed E-state index contributed by atoms with van der Waals surface area (Å²) in [7, 11) is 0. The van der Waals surface area contributed by atoms with Gasteiger partial charge in [-0.05, 0) is 37.6 Å². The molecule has 0 aromatic rings. The molecule has 2 fully saturated rings. The largest absolute Gasteiger partial charge is 0.395 e. The van der Waals surface area contributed by atoms with Gasteiger partial charge in [0, 0.05) is 45.3 Å². The van der Waals surface area contributed by atoms with Crippen molar-refractivity contribution in [1.82, 2.24) is 15.1 Å². The zero-order valence-corrected chi connectivity index (χ0v) is 14.1. The van der Waals surface area contributed by atoms with Crippen LogP contribution in [0.3, 0.4) is 0 Å². The molecule has 0 aromatic heterocycles. The molecule has 3 atom stereocenters. The van der Waals surface area contributed by atoms with Crippen molar-refractivity contribution < 1.29 is 5.11 Å². The third kappa shape index (κ3) is 5.20. The number of hydrogen-bond acceptors (Lipinski definition) is 4. The molecule has 1 aliphatic heterocycles. The third-order valence-electron chi connectivity index (χ3n) is 5.51. The Balaban J connectivity index is 1.81. The lowest BCUT2D eigenvalue weighted by atomic mass is 9.76. The van der Waals surface area contributed by atoms with Crippen molar-refractivity contribution in [2.75, 3.05) is 52.4 Å². The van der Waals surface area contributed by atoms with Crippen molar-refractivity contribution >= 4 is 0 Å². The molecule has 0 spiro atoms. The number of aliphatic hydroxyl groups excluding tert-OH is 1. The van der Waals surface area contributed by atoms with Gasteiger partial charge in [-0.25, -0.2) is 0 Å². The Kier molecular flexibility index (Phi) is 7.44. The standard InChI is InChI=1S/C17H35N3O/c1-3-15-5-6-17(18-4-2)16(13-15)14-20-9-7-19(8-10-20)11-12-21/h15-18,21H,3-14H2,1-2H3. The van der Waals surface area contributed by atoms with E-state index < -0.39 is 0 Å². The molecule has 1 saturated heterocycles. The maximum Gasteiger partial charge on any atom is 0.0558 e. The highest BCUT2D eigenvalue weighted by atomic mass is 16.3. The van der Waals surface area contributed by atoms with Gasteiger partial charge in [-0.3, -0.25) is 4.90 Å². The Labute approximate surface area is 130 Å². The molecule has 0 aromatic carbocycles. The Morgan fingerprint density at radius 1 is 1.05 bits per heavy atom. The van der Waals surface area contributed by atoms with E-state index in [0.717, 1.165) is 44.1 Å². The highest BCUT2D eigenvalue weighted by molar-refractivity contribution is 4.87. The Hall–Kier alpha value is -0.160. The first-order chi connectivity index (χ1) is 10.3. The van der Waals surface area contributed by atoms with Gasteiger partial charge in [0.2, 0.25) is 0 Å². The van der Waals surface area contributed by atoms with Crippen LogP contribution in [0.5, 0.6) is 0 Å². The second-order valence-corrected chi connectivity index (χ2v) is 6.88. The number of hydrogen-bond donors (Lipinski definition) is 2. The Bertz CT molecular complexity index is 279. The molecule has 21 heavy (non-hydrogen) atoms. The molecule has 4 heteroatoms. The summed E-state index contributed by atoms with van der Waals surface area (Å²) >= 11 is 0. The van der Waals surface area contributed by atoms with Gasteiger partial charge >= 0.3 is 0 Å². The van der Waals surface area contributed by atoms with E-state index in [2.05, 4.69) is 29.0 Å². The number of nitrogens with zero attached hydrogens (tertiary/aromatic N) is 2. The van der Waals surface area contributed by atoms with Gasteiger partial charge in [-0.15, -0.1) is 0 Å². The van der Waals surface area contributed by atoms with Crippen LogP contribution in [0.1, 0.15) is 39.5 Å². The maximum atomic E-state index is 9.03. The molecule has 4 nitrogen and oxygen atoms in total. The van der Waals surface area contributed by atoms with Crippen LogP contribution in [-0.4, -0.2) is 73.4 Å². The molecular weight excluding hydrogens is 262 g/mol. The summed E-state index contributed by atoms with van der Waals surface area (Å²) in [5.74, 6) is 1.77. The summed E-state index contributed by atoms with van der Waals surface area (Å²) < 4.78 is 0. The van der Waals surface area contributed by atoms with E-state index in [1.165, 1.54) is 45.3 Å². The summed E-state index contributed by atoms with van der Waals surface area (Å²) in [5.41, 5.74) is 0. The van der Waals surface area contributed by atoms with Gasteiger partial charge in [0.15, 0.2) is 0 Å². The minimum absolute atomic E-state index is 0.295. The van der Waals surface area contributed by atoms with Crippen molar-refractivity contribution in [3.05, 3.63) is 0 Å². The fraction of sp³-hybridized carbons (Fsp3) is 1.00. The summed E-state index contributed by atoms with van der Waals surface area (Å²) in [5, 5.41) is 12.8. The molecule has 2 N–H and O–H groups in total. The van der Waals surface area contributed by atoms with Crippen molar-refractivity contribution in [2.45, 2.75) is 45.6 Å².